The Morgan fingerprint density at radius 3 is 2.35 bits per heavy atom. The number of hydrogen-bond donors (Lipinski definition) is 1. The van der Waals surface area contributed by atoms with E-state index in [4.69, 9.17) is 16.3 Å². The summed E-state index contributed by atoms with van der Waals surface area (Å²) in [5.41, 5.74) is 3.43. The highest BCUT2D eigenvalue weighted by atomic mass is 79.9. The normalized spacial score (nSPS) is 12.2. The summed E-state index contributed by atoms with van der Waals surface area (Å²) in [7, 11) is 3.63. The largest absolute Gasteiger partial charge is 0.496 e. The fourth-order valence-electron chi connectivity index (χ4n) is 2.30. The van der Waals surface area contributed by atoms with E-state index in [0.29, 0.717) is 5.02 Å². The third kappa shape index (κ3) is 3.17. The van der Waals surface area contributed by atoms with Gasteiger partial charge in [0.1, 0.15) is 5.75 Å². The molecule has 0 aromatic heterocycles. The van der Waals surface area contributed by atoms with Crippen LogP contribution in [0, 0.1) is 6.92 Å². The molecule has 2 aromatic carbocycles. The second-order valence-corrected chi connectivity index (χ2v) is 5.89. The summed E-state index contributed by atoms with van der Waals surface area (Å²) in [6.45, 7) is 2.05. The maximum Gasteiger partial charge on any atom is 0.121 e. The van der Waals surface area contributed by atoms with Crippen molar-refractivity contribution in [1.82, 2.24) is 5.32 Å². The SMILES string of the molecule is CNC(c1ccc(OC)c(C)c1)c1ccc(Br)c(Cl)c1. The average molecular weight is 355 g/mol. The number of nitrogens with one attached hydrogen (secondary N) is 1. The molecule has 1 unspecified atom stereocenters. The molecular weight excluding hydrogens is 338 g/mol. The number of methoxy groups -OCH3 is 1. The molecule has 0 saturated carbocycles. The molecule has 0 aliphatic carbocycles. The zero-order valence-electron chi connectivity index (χ0n) is 11.7. The molecule has 1 N–H and O–H groups in total. The predicted octanol–water partition coefficient (Wildman–Crippen LogP) is 4.73. The summed E-state index contributed by atoms with van der Waals surface area (Å²) in [5, 5.41) is 4.05. The summed E-state index contributed by atoms with van der Waals surface area (Å²) >= 11 is 9.60. The van der Waals surface area contributed by atoms with E-state index >= 15 is 0 Å². The fraction of sp³-hybridized carbons (Fsp3) is 0.250. The summed E-state index contributed by atoms with van der Waals surface area (Å²) in [4.78, 5) is 0. The third-order valence-electron chi connectivity index (χ3n) is 3.32. The second-order valence-electron chi connectivity index (χ2n) is 4.62. The van der Waals surface area contributed by atoms with E-state index in [1.54, 1.807) is 7.11 Å². The Morgan fingerprint density at radius 1 is 1.15 bits per heavy atom. The zero-order chi connectivity index (χ0) is 14.7. The number of halogens is 2. The van der Waals surface area contributed by atoms with Gasteiger partial charge >= 0.3 is 0 Å². The first-order valence-corrected chi connectivity index (χ1v) is 7.50. The molecule has 0 aliphatic heterocycles. The molecular formula is C16H17BrClNO. The molecule has 0 bridgehead atoms. The van der Waals surface area contributed by atoms with Crippen molar-refractivity contribution in [3.63, 3.8) is 0 Å². The van der Waals surface area contributed by atoms with E-state index in [2.05, 4.69) is 39.4 Å². The molecule has 2 aromatic rings. The topological polar surface area (TPSA) is 21.3 Å². The minimum atomic E-state index is 0.102. The van der Waals surface area contributed by atoms with E-state index in [1.165, 1.54) is 5.56 Å². The van der Waals surface area contributed by atoms with Gasteiger partial charge in [0, 0.05) is 4.47 Å². The van der Waals surface area contributed by atoms with Gasteiger partial charge in [0.25, 0.3) is 0 Å². The van der Waals surface area contributed by atoms with Crippen LogP contribution in [0.15, 0.2) is 40.9 Å². The van der Waals surface area contributed by atoms with Crippen molar-refractivity contribution in [1.29, 1.82) is 0 Å². The minimum absolute atomic E-state index is 0.102. The van der Waals surface area contributed by atoms with E-state index in [1.807, 2.05) is 32.2 Å². The van der Waals surface area contributed by atoms with Gasteiger partial charge in [-0.05, 0) is 64.8 Å². The first-order valence-electron chi connectivity index (χ1n) is 6.33. The molecule has 0 fully saturated rings. The van der Waals surface area contributed by atoms with Crippen molar-refractivity contribution in [3.8, 4) is 5.75 Å². The number of hydrogen-bond acceptors (Lipinski definition) is 2. The van der Waals surface area contributed by atoms with Crippen LogP contribution in [0.1, 0.15) is 22.7 Å². The van der Waals surface area contributed by atoms with Crippen molar-refractivity contribution in [2.75, 3.05) is 14.2 Å². The molecule has 106 valence electrons. The number of aryl methyl sites for hydroxylation is 1. The Bertz CT molecular complexity index is 615. The van der Waals surface area contributed by atoms with Gasteiger partial charge in [-0.2, -0.15) is 0 Å². The first kappa shape index (κ1) is 15.4. The van der Waals surface area contributed by atoms with Crippen molar-refractivity contribution >= 4 is 27.5 Å². The summed E-state index contributed by atoms with van der Waals surface area (Å²) in [6, 6.07) is 12.3. The molecule has 20 heavy (non-hydrogen) atoms. The molecule has 2 nitrogen and oxygen atoms in total. The van der Waals surface area contributed by atoms with Crippen LogP contribution < -0.4 is 10.1 Å². The van der Waals surface area contributed by atoms with Crippen LogP contribution in [0.5, 0.6) is 5.75 Å². The van der Waals surface area contributed by atoms with Crippen LogP contribution in [0.4, 0.5) is 0 Å². The van der Waals surface area contributed by atoms with E-state index in [9.17, 15) is 0 Å². The lowest BCUT2D eigenvalue weighted by atomic mass is 9.97. The lowest BCUT2D eigenvalue weighted by Gasteiger charge is -2.19. The fourth-order valence-corrected chi connectivity index (χ4v) is 2.73. The van der Waals surface area contributed by atoms with Crippen LogP contribution in [0.3, 0.4) is 0 Å². The van der Waals surface area contributed by atoms with Crippen molar-refractivity contribution in [2.45, 2.75) is 13.0 Å². The molecule has 1 atom stereocenters. The van der Waals surface area contributed by atoms with Crippen molar-refractivity contribution in [2.24, 2.45) is 0 Å². The van der Waals surface area contributed by atoms with Crippen LogP contribution in [0.25, 0.3) is 0 Å². The van der Waals surface area contributed by atoms with E-state index in [-0.39, 0.29) is 6.04 Å². The molecule has 0 aliphatic rings. The Hall–Kier alpha value is -1.03. The number of rotatable bonds is 4. The van der Waals surface area contributed by atoms with Gasteiger partial charge in [0.2, 0.25) is 0 Å². The van der Waals surface area contributed by atoms with E-state index < -0.39 is 0 Å². The molecule has 0 amide bonds. The molecule has 2 rings (SSSR count). The zero-order valence-corrected chi connectivity index (χ0v) is 14.0. The smallest absolute Gasteiger partial charge is 0.121 e. The third-order valence-corrected chi connectivity index (χ3v) is 4.55. The predicted molar refractivity (Wildman–Crippen MR) is 87.8 cm³/mol. The maximum absolute atomic E-state index is 6.19. The van der Waals surface area contributed by atoms with Gasteiger partial charge in [0.05, 0.1) is 18.2 Å². The van der Waals surface area contributed by atoms with Gasteiger partial charge in [0.15, 0.2) is 0 Å². The lowest BCUT2D eigenvalue weighted by Crippen LogP contribution is -2.17. The van der Waals surface area contributed by atoms with Crippen LogP contribution >= 0.6 is 27.5 Å². The highest BCUT2D eigenvalue weighted by molar-refractivity contribution is 9.10. The van der Waals surface area contributed by atoms with Crippen molar-refractivity contribution < 1.29 is 4.74 Å². The summed E-state index contributed by atoms with van der Waals surface area (Å²) < 4.78 is 6.21. The number of ether oxygens (including phenoxy) is 1. The van der Waals surface area contributed by atoms with E-state index in [0.717, 1.165) is 21.3 Å². The van der Waals surface area contributed by atoms with Crippen molar-refractivity contribution in [3.05, 3.63) is 62.6 Å². The Labute approximate surface area is 133 Å². The Kier molecular flexibility index (Phi) is 5.08. The van der Waals surface area contributed by atoms with Crippen LogP contribution in [0.2, 0.25) is 5.02 Å². The van der Waals surface area contributed by atoms with Gasteiger partial charge in [-0.15, -0.1) is 0 Å². The molecule has 4 heteroatoms. The van der Waals surface area contributed by atoms with Gasteiger partial charge in [-0.1, -0.05) is 29.8 Å². The monoisotopic (exact) mass is 353 g/mol. The van der Waals surface area contributed by atoms with Gasteiger partial charge in [-0.25, -0.2) is 0 Å². The molecule has 0 spiro atoms. The van der Waals surface area contributed by atoms with Crippen LogP contribution in [-0.2, 0) is 0 Å². The molecule has 0 saturated heterocycles. The highest BCUT2D eigenvalue weighted by Gasteiger charge is 2.14. The lowest BCUT2D eigenvalue weighted by molar-refractivity contribution is 0.411. The first-order chi connectivity index (χ1) is 9.56. The maximum atomic E-state index is 6.19. The Morgan fingerprint density at radius 2 is 1.80 bits per heavy atom. The average Bonchev–Trinajstić information content (AvgIpc) is 2.44. The molecule has 0 radical (unpaired) electrons. The Balaban J connectivity index is 2.41. The second kappa shape index (κ2) is 6.61. The molecule has 0 heterocycles. The number of benzene rings is 2. The quantitative estimate of drug-likeness (QED) is 0.857. The minimum Gasteiger partial charge on any atom is -0.496 e. The standard InChI is InChI=1S/C16H17BrClNO/c1-10-8-11(5-7-15(10)20-3)16(19-2)12-4-6-13(17)14(18)9-12/h4-9,16,19H,1-3H3. The summed E-state index contributed by atoms with van der Waals surface area (Å²) in [6.07, 6.45) is 0. The highest BCUT2D eigenvalue weighted by Crippen LogP contribution is 2.30. The van der Waals surface area contributed by atoms with Crippen LogP contribution in [-0.4, -0.2) is 14.2 Å². The summed E-state index contributed by atoms with van der Waals surface area (Å²) in [5.74, 6) is 0.900. The van der Waals surface area contributed by atoms with Gasteiger partial charge < -0.3 is 10.1 Å². The van der Waals surface area contributed by atoms with Gasteiger partial charge in [-0.3, -0.25) is 0 Å².